The average Bonchev–Trinajstić information content (AvgIpc) is 3.58. The molecule has 4 aromatic carbocycles. The number of hydrogen-bond donors (Lipinski definition) is 0. The molecule has 162 valence electrons. The summed E-state index contributed by atoms with van der Waals surface area (Å²) in [4.78, 5) is 9.61. The Hall–Kier alpha value is -4.50. The van der Waals surface area contributed by atoms with E-state index in [-0.39, 0.29) is 0 Å². The quantitative estimate of drug-likeness (QED) is 0.229. The van der Waals surface area contributed by atoms with E-state index in [1.807, 2.05) is 12.4 Å². The first kappa shape index (κ1) is 17.9. The SMILES string of the molecule is c1ccc2c(c1)Cc1ccc3c(c1-2)Cc1cc2c(cc1-3)c1cnccc1n1c3ccccc3nc21. The molecule has 35 heavy (non-hydrogen) atoms. The van der Waals surface area contributed by atoms with Crippen molar-refractivity contribution < 1.29 is 0 Å². The van der Waals surface area contributed by atoms with Crippen LogP contribution in [0.25, 0.3) is 60.6 Å². The summed E-state index contributed by atoms with van der Waals surface area (Å²) in [6.45, 7) is 0. The first-order valence-corrected chi connectivity index (χ1v) is 12.2. The van der Waals surface area contributed by atoms with Crippen LogP contribution in [0.15, 0.2) is 91.3 Å². The molecule has 2 aliphatic carbocycles. The molecule has 3 heteroatoms. The summed E-state index contributed by atoms with van der Waals surface area (Å²) >= 11 is 0. The molecule has 0 saturated carbocycles. The van der Waals surface area contributed by atoms with Crippen molar-refractivity contribution >= 4 is 38.4 Å². The lowest BCUT2D eigenvalue weighted by molar-refractivity contribution is 1.23. The summed E-state index contributed by atoms with van der Waals surface area (Å²) in [6.07, 6.45) is 5.89. The molecule has 0 N–H and O–H groups in total. The maximum Gasteiger partial charge on any atom is 0.146 e. The highest BCUT2D eigenvalue weighted by atomic mass is 15.0. The van der Waals surface area contributed by atoms with Crippen molar-refractivity contribution in [3.63, 3.8) is 0 Å². The van der Waals surface area contributed by atoms with Gasteiger partial charge in [-0.25, -0.2) is 4.98 Å². The smallest absolute Gasteiger partial charge is 0.146 e. The largest absolute Gasteiger partial charge is 0.292 e. The van der Waals surface area contributed by atoms with Gasteiger partial charge in [0, 0.05) is 23.2 Å². The van der Waals surface area contributed by atoms with Gasteiger partial charge in [0.25, 0.3) is 0 Å². The van der Waals surface area contributed by atoms with Gasteiger partial charge in [-0.2, -0.15) is 0 Å². The molecule has 0 spiro atoms. The van der Waals surface area contributed by atoms with Gasteiger partial charge in [0.1, 0.15) is 5.65 Å². The van der Waals surface area contributed by atoms with Crippen LogP contribution in [0.3, 0.4) is 0 Å². The lowest BCUT2D eigenvalue weighted by Gasteiger charge is -2.11. The highest BCUT2D eigenvalue weighted by Gasteiger charge is 2.29. The number of hydrogen-bond acceptors (Lipinski definition) is 2. The van der Waals surface area contributed by atoms with E-state index in [9.17, 15) is 0 Å². The first-order chi connectivity index (χ1) is 17.3. The predicted octanol–water partition coefficient (Wildman–Crippen LogP) is 7.33. The first-order valence-electron chi connectivity index (χ1n) is 12.2. The summed E-state index contributed by atoms with van der Waals surface area (Å²) in [7, 11) is 0. The highest BCUT2D eigenvalue weighted by molar-refractivity contribution is 6.15. The molecule has 0 bridgehead atoms. The normalized spacial score (nSPS) is 13.5. The van der Waals surface area contributed by atoms with Gasteiger partial charge < -0.3 is 0 Å². The number of para-hydroxylation sites is 2. The van der Waals surface area contributed by atoms with Crippen LogP contribution in [0.5, 0.6) is 0 Å². The topological polar surface area (TPSA) is 30.2 Å². The van der Waals surface area contributed by atoms with E-state index in [2.05, 4.69) is 88.2 Å². The zero-order valence-corrected chi connectivity index (χ0v) is 18.9. The molecule has 0 aliphatic heterocycles. The van der Waals surface area contributed by atoms with E-state index in [1.165, 1.54) is 60.7 Å². The van der Waals surface area contributed by atoms with Crippen molar-refractivity contribution in [2.75, 3.05) is 0 Å². The Morgan fingerprint density at radius 1 is 0.629 bits per heavy atom. The minimum absolute atomic E-state index is 0.968. The number of fused-ring (bicyclic) bond motifs is 15. The zero-order valence-electron chi connectivity index (χ0n) is 18.9. The summed E-state index contributed by atoms with van der Waals surface area (Å²) in [5.74, 6) is 0. The van der Waals surface area contributed by atoms with Gasteiger partial charge >= 0.3 is 0 Å². The van der Waals surface area contributed by atoms with Crippen LogP contribution in [-0.2, 0) is 12.8 Å². The van der Waals surface area contributed by atoms with E-state index in [0.717, 1.165) is 35.0 Å². The molecule has 2 aliphatic rings. The van der Waals surface area contributed by atoms with Crippen LogP contribution in [0, 0.1) is 0 Å². The van der Waals surface area contributed by atoms with Crippen LogP contribution >= 0.6 is 0 Å². The average molecular weight is 446 g/mol. The Kier molecular flexibility index (Phi) is 3.14. The van der Waals surface area contributed by atoms with Crippen molar-refractivity contribution in [1.82, 2.24) is 14.4 Å². The number of imidazole rings is 1. The molecular formula is C32H19N3. The van der Waals surface area contributed by atoms with Gasteiger partial charge in [-0.3, -0.25) is 9.38 Å². The Bertz CT molecular complexity index is 2060. The molecule has 0 radical (unpaired) electrons. The third-order valence-corrected chi connectivity index (χ3v) is 8.10. The van der Waals surface area contributed by atoms with Crippen LogP contribution in [0.4, 0.5) is 0 Å². The molecule has 7 aromatic rings. The van der Waals surface area contributed by atoms with Gasteiger partial charge in [0.2, 0.25) is 0 Å². The summed E-state index contributed by atoms with van der Waals surface area (Å²) in [6, 6.07) is 28.9. The molecule has 3 heterocycles. The maximum atomic E-state index is 5.10. The van der Waals surface area contributed by atoms with E-state index >= 15 is 0 Å². The third kappa shape index (κ3) is 2.17. The van der Waals surface area contributed by atoms with E-state index in [4.69, 9.17) is 4.98 Å². The van der Waals surface area contributed by atoms with E-state index in [1.54, 1.807) is 0 Å². The molecule has 9 rings (SSSR count). The fourth-order valence-corrected chi connectivity index (χ4v) is 6.62. The lowest BCUT2D eigenvalue weighted by Crippen LogP contribution is -1.93. The van der Waals surface area contributed by atoms with Crippen LogP contribution < -0.4 is 0 Å². The Labute approximate surface area is 201 Å². The van der Waals surface area contributed by atoms with Crippen LogP contribution in [0.1, 0.15) is 22.3 Å². The monoisotopic (exact) mass is 445 g/mol. The van der Waals surface area contributed by atoms with Crippen molar-refractivity contribution in [2.24, 2.45) is 0 Å². The molecular weight excluding hydrogens is 426 g/mol. The minimum Gasteiger partial charge on any atom is -0.292 e. The number of benzene rings is 4. The highest BCUT2D eigenvalue weighted by Crippen LogP contribution is 2.49. The number of nitrogens with zero attached hydrogens (tertiary/aromatic N) is 3. The second kappa shape index (κ2) is 6.13. The number of aromatic nitrogens is 3. The fraction of sp³-hybridized carbons (Fsp3) is 0.0625. The Balaban J connectivity index is 1.40. The van der Waals surface area contributed by atoms with Gasteiger partial charge in [-0.15, -0.1) is 0 Å². The van der Waals surface area contributed by atoms with Crippen LogP contribution in [0.2, 0.25) is 0 Å². The minimum atomic E-state index is 0.968. The predicted molar refractivity (Wildman–Crippen MR) is 142 cm³/mol. The molecule has 0 amide bonds. The maximum absolute atomic E-state index is 5.10. The van der Waals surface area contributed by atoms with Gasteiger partial charge in [0.05, 0.1) is 16.6 Å². The fourth-order valence-electron chi connectivity index (χ4n) is 6.62. The van der Waals surface area contributed by atoms with E-state index < -0.39 is 0 Å². The molecule has 0 fully saturated rings. The van der Waals surface area contributed by atoms with Gasteiger partial charge in [-0.1, -0.05) is 48.5 Å². The molecule has 0 saturated heterocycles. The molecule has 0 atom stereocenters. The van der Waals surface area contributed by atoms with Gasteiger partial charge in [-0.05, 0) is 93.1 Å². The van der Waals surface area contributed by atoms with Crippen molar-refractivity contribution in [3.8, 4) is 22.3 Å². The van der Waals surface area contributed by atoms with Crippen LogP contribution in [-0.4, -0.2) is 14.4 Å². The molecule has 3 aromatic heterocycles. The van der Waals surface area contributed by atoms with E-state index in [0.29, 0.717) is 0 Å². The second-order valence-electron chi connectivity index (χ2n) is 9.84. The van der Waals surface area contributed by atoms with Crippen molar-refractivity contribution in [1.29, 1.82) is 0 Å². The number of pyridine rings is 2. The van der Waals surface area contributed by atoms with Crippen molar-refractivity contribution in [3.05, 3.63) is 114 Å². The number of rotatable bonds is 0. The third-order valence-electron chi connectivity index (χ3n) is 8.10. The van der Waals surface area contributed by atoms with Crippen molar-refractivity contribution in [2.45, 2.75) is 12.8 Å². The van der Waals surface area contributed by atoms with Gasteiger partial charge in [0.15, 0.2) is 0 Å². The Morgan fingerprint density at radius 3 is 2.54 bits per heavy atom. The lowest BCUT2D eigenvalue weighted by atomic mass is 9.95. The Morgan fingerprint density at radius 2 is 1.54 bits per heavy atom. The zero-order chi connectivity index (χ0) is 22.7. The standard InChI is InChI=1S/C32H19N3/c1-2-6-21-18(5-1)13-19-9-10-22-23-16-24-26(15-20(23)14-25(22)31(19)21)32-34-28-7-3-4-8-30(28)35(32)29-11-12-33-17-27(24)29/h1-12,15-17H,13-14H2. The molecule has 3 nitrogen and oxygen atoms in total. The summed E-state index contributed by atoms with van der Waals surface area (Å²) in [5.41, 5.74) is 15.7. The second-order valence-corrected chi connectivity index (χ2v) is 9.84. The molecule has 0 unspecified atom stereocenters. The summed E-state index contributed by atoms with van der Waals surface area (Å²) in [5, 5.41) is 3.59. The summed E-state index contributed by atoms with van der Waals surface area (Å²) < 4.78 is 2.30.